The third kappa shape index (κ3) is 4.14. The first kappa shape index (κ1) is 19.8. The van der Waals surface area contributed by atoms with Crippen molar-refractivity contribution in [3.63, 3.8) is 0 Å². The molecular formula is C28H26N4O. The number of aromatic nitrogens is 1. The van der Waals surface area contributed by atoms with E-state index in [4.69, 9.17) is 4.98 Å². The highest BCUT2D eigenvalue weighted by Gasteiger charge is 2.39. The number of carbonyl (C=O) groups is 1. The summed E-state index contributed by atoms with van der Waals surface area (Å²) in [7, 11) is 0. The van der Waals surface area contributed by atoms with Crippen LogP contribution in [0.4, 0.5) is 16.3 Å². The molecule has 3 unspecified atom stereocenters. The predicted octanol–water partition coefficient (Wildman–Crippen LogP) is 6.01. The van der Waals surface area contributed by atoms with Gasteiger partial charge in [0.1, 0.15) is 5.82 Å². The second-order valence-electron chi connectivity index (χ2n) is 9.00. The SMILES string of the molecule is O=C(Nc1ccc2nc(NC3CCc4ccccc43)ccc2c1)NC1CC1c1ccccc1. The van der Waals surface area contributed by atoms with E-state index in [1.54, 1.807) is 0 Å². The minimum Gasteiger partial charge on any atom is -0.363 e. The van der Waals surface area contributed by atoms with E-state index in [9.17, 15) is 4.79 Å². The highest BCUT2D eigenvalue weighted by Crippen LogP contribution is 2.40. The quantitative estimate of drug-likeness (QED) is 0.360. The molecule has 33 heavy (non-hydrogen) atoms. The smallest absolute Gasteiger partial charge is 0.319 e. The van der Waals surface area contributed by atoms with Crippen LogP contribution in [0, 0.1) is 0 Å². The number of benzene rings is 3. The molecule has 3 atom stereocenters. The Labute approximate surface area is 193 Å². The van der Waals surface area contributed by atoms with E-state index in [2.05, 4.69) is 58.4 Å². The number of nitrogens with one attached hydrogen (secondary N) is 3. The summed E-state index contributed by atoms with van der Waals surface area (Å²) in [6.07, 6.45) is 3.18. The molecule has 1 saturated carbocycles. The van der Waals surface area contributed by atoms with E-state index in [0.717, 1.165) is 41.7 Å². The lowest BCUT2D eigenvalue weighted by Crippen LogP contribution is -2.31. The number of hydrogen-bond donors (Lipinski definition) is 3. The molecule has 2 aliphatic rings. The number of urea groups is 1. The van der Waals surface area contributed by atoms with E-state index in [-0.39, 0.29) is 12.1 Å². The van der Waals surface area contributed by atoms with Gasteiger partial charge in [-0.2, -0.15) is 0 Å². The fourth-order valence-electron chi connectivity index (χ4n) is 4.93. The van der Waals surface area contributed by atoms with Gasteiger partial charge in [-0.1, -0.05) is 54.6 Å². The molecule has 0 spiro atoms. The van der Waals surface area contributed by atoms with Crippen molar-refractivity contribution >= 4 is 28.4 Å². The van der Waals surface area contributed by atoms with Gasteiger partial charge in [-0.3, -0.25) is 0 Å². The number of aryl methyl sites for hydroxylation is 1. The summed E-state index contributed by atoms with van der Waals surface area (Å²) in [6, 6.07) is 29.2. The number of rotatable bonds is 5. The van der Waals surface area contributed by atoms with Crippen molar-refractivity contribution in [2.45, 2.75) is 37.3 Å². The van der Waals surface area contributed by atoms with Gasteiger partial charge in [-0.05, 0) is 66.3 Å². The molecule has 0 radical (unpaired) electrons. The lowest BCUT2D eigenvalue weighted by molar-refractivity contribution is 0.251. The zero-order valence-corrected chi connectivity index (χ0v) is 18.3. The molecule has 0 saturated heterocycles. The van der Waals surface area contributed by atoms with Crippen molar-refractivity contribution in [1.29, 1.82) is 0 Å². The van der Waals surface area contributed by atoms with Crippen molar-refractivity contribution in [2.75, 3.05) is 10.6 Å². The lowest BCUT2D eigenvalue weighted by atomic mass is 10.1. The average Bonchev–Trinajstić information content (AvgIpc) is 3.49. The van der Waals surface area contributed by atoms with Crippen LogP contribution in [0.1, 0.15) is 41.5 Å². The molecule has 5 heteroatoms. The van der Waals surface area contributed by atoms with E-state index < -0.39 is 0 Å². The fraction of sp³-hybridized carbons (Fsp3) is 0.214. The molecule has 0 bridgehead atoms. The number of carbonyl (C=O) groups excluding carboxylic acids is 1. The summed E-state index contributed by atoms with van der Waals surface area (Å²) < 4.78 is 0. The Kier molecular flexibility index (Phi) is 4.95. The van der Waals surface area contributed by atoms with Crippen molar-refractivity contribution in [3.05, 3.63) is 102 Å². The molecule has 6 rings (SSSR count). The number of pyridine rings is 1. The minimum atomic E-state index is -0.163. The molecular weight excluding hydrogens is 408 g/mol. The molecule has 164 valence electrons. The topological polar surface area (TPSA) is 66.0 Å². The number of nitrogens with zero attached hydrogens (tertiary/aromatic N) is 1. The first-order valence-electron chi connectivity index (χ1n) is 11.6. The Hall–Kier alpha value is -3.86. The first-order valence-corrected chi connectivity index (χ1v) is 11.6. The maximum atomic E-state index is 12.5. The fourth-order valence-corrected chi connectivity index (χ4v) is 4.93. The normalized spacial score (nSPS) is 20.8. The number of hydrogen-bond acceptors (Lipinski definition) is 3. The van der Waals surface area contributed by atoms with Gasteiger partial charge in [0, 0.05) is 23.0 Å². The Morgan fingerprint density at radius 2 is 1.76 bits per heavy atom. The van der Waals surface area contributed by atoms with E-state index in [1.165, 1.54) is 16.7 Å². The van der Waals surface area contributed by atoms with Gasteiger partial charge in [0.2, 0.25) is 0 Å². The third-order valence-electron chi connectivity index (χ3n) is 6.74. The largest absolute Gasteiger partial charge is 0.363 e. The summed E-state index contributed by atoms with van der Waals surface area (Å²) in [5.41, 5.74) is 5.75. The zero-order chi connectivity index (χ0) is 22.2. The first-order chi connectivity index (χ1) is 16.2. The van der Waals surface area contributed by atoms with E-state index >= 15 is 0 Å². The van der Waals surface area contributed by atoms with Gasteiger partial charge < -0.3 is 16.0 Å². The van der Waals surface area contributed by atoms with Gasteiger partial charge >= 0.3 is 6.03 Å². The molecule has 1 fully saturated rings. The Bertz CT molecular complexity index is 1320. The van der Waals surface area contributed by atoms with Crippen LogP contribution in [0.15, 0.2) is 84.9 Å². The molecule has 5 nitrogen and oxygen atoms in total. The van der Waals surface area contributed by atoms with Crippen LogP contribution in [-0.2, 0) is 6.42 Å². The van der Waals surface area contributed by atoms with E-state index in [1.807, 2.05) is 42.5 Å². The van der Waals surface area contributed by atoms with Gasteiger partial charge in [-0.25, -0.2) is 9.78 Å². The third-order valence-corrected chi connectivity index (χ3v) is 6.74. The predicted molar refractivity (Wildman–Crippen MR) is 133 cm³/mol. The second kappa shape index (κ2) is 8.24. The molecule has 3 N–H and O–H groups in total. The van der Waals surface area contributed by atoms with Gasteiger partial charge in [0.05, 0.1) is 11.6 Å². The van der Waals surface area contributed by atoms with Crippen LogP contribution in [0.2, 0.25) is 0 Å². The summed E-state index contributed by atoms with van der Waals surface area (Å²) in [5, 5.41) is 10.6. The van der Waals surface area contributed by atoms with Crippen LogP contribution in [-0.4, -0.2) is 17.1 Å². The maximum Gasteiger partial charge on any atom is 0.319 e. The minimum absolute atomic E-state index is 0.163. The van der Waals surface area contributed by atoms with Crippen LogP contribution < -0.4 is 16.0 Å². The average molecular weight is 435 g/mol. The summed E-state index contributed by atoms with van der Waals surface area (Å²) in [4.78, 5) is 17.3. The molecule has 4 aromatic rings. The molecule has 2 aliphatic carbocycles. The van der Waals surface area contributed by atoms with Gasteiger partial charge in [-0.15, -0.1) is 0 Å². The Morgan fingerprint density at radius 1 is 0.909 bits per heavy atom. The van der Waals surface area contributed by atoms with Crippen molar-refractivity contribution in [3.8, 4) is 0 Å². The number of amides is 2. The highest BCUT2D eigenvalue weighted by molar-refractivity contribution is 5.93. The van der Waals surface area contributed by atoms with Crippen molar-refractivity contribution in [1.82, 2.24) is 10.3 Å². The van der Waals surface area contributed by atoms with Crippen LogP contribution in [0.5, 0.6) is 0 Å². The molecule has 0 aliphatic heterocycles. The highest BCUT2D eigenvalue weighted by atomic mass is 16.2. The zero-order valence-electron chi connectivity index (χ0n) is 18.3. The maximum absolute atomic E-state index is 12.5. The number of anilines is 2. The van der Waals surface area contributed by atoms with E-state index in [0.29, 0.717) is 12.0 Å². The monoisotopic (exact) mass is 434 g/mol. The molecule has 3 aromatic carbocycles. The van der Waals surface area contributed by atoms with Gasteiger partial charge in [0.15, 0.2) is 0 Å². The van der Waals surface area contributed by atoms with Crippen LogP contribution in [0.25, 0.3) is 10.9 Å². The lowest BCUT2D eigenvalue weighted by Gasteiger charge is -2.15. The van der Waals surface area contributed by atoms with Gasteiger partial charge in [0.25, 0.3) is 0 Å². The summed E-state index contributed by atoms with van der Waals surface area (Å²) in [6.45, 7) is 0. The molecule has 1 aromatic heterocycles. The van der Waals surface area contributed by atoms with Crippen molar-refractivity contribution < 1.29 is 4.79 Å². The Balaban J connectivity index is 1.10. The summed E-state index contributed by atoms with van der Waals surface area (Å²) in [5.74, 6) is 1.29. The van der Waals surface area contributed by atoms with Crippen LogP contribution >= 0.6 is 0 Å². The van der Waals surface area contributed by atoms with Crippen LogP contribution in [0.3, 0.4) is 0 Å². The molecule has 1 heterocycles. The Morgan fingerprint density at radius 3 is 2.67 bits per heavy atom. The second-order valence-corrected chi connectivity index (χ2v) is 9.00. The van der Waals surface area contributed by atoms with Crippen molar-refractivity contribution in [2.24, 2.45) is 0 Å². The standard InChI is InChI=1S/C28H26N4O/c33-28(32-26-17-23(26)18-6-2-1-3-7-18)29-21-12-14-24-20(16-21)11-15-27(30-24)31-25-13-10-19-8-4-5-9-22(19)25/h1-9,11-12,14-16,23,25-26H,10,13,17H2,(H,30,31)(H2,29,32,33). The number of fused-ring (bicyclic) bond motifs is 2. The molecule has 2 amide bonds. The summed E-state index contributed by atoms with van der Waals surface area (Å²) >= 11 is 0.